The van der Waals surface area contributed by atoms with Crippen LogP contribution >= 0.6 is 0 Å². The van der Waals surface area contributed by atoms with Gasteiger partial charge < -0.3 is 9.47 Å². The van der Waals surface area contributed by atoms with E-state index in [-0.39, 0.29) is 12.5 Å². The van der Waals surface area contributed by atoms with Crippen molar-refractivity contribution in [2.75, 3.05) is 12.0 Å². The van der Waals surface area contributed by atoms with Crippen LogP contribution in [0.2, 0.25) is 0 Å². The summed E-state index contributed by atoms with van der Waals surface area (Å²) in [6.45, 7) is -0.0846. The molecule has 5 heteroatoms. The van der Waals surface area contributed by atoms with Gasteiger partial charge in [0.05, 0.1) is 5.69 Å². The fourth-order valence-corrected chi connectivity index (χ4v) is 2.08. The maximum Gasteiger partial charge on any atom is 0.276 e. The van der Waals surface area contributed by atoms with Crippen molar-refractivity contribution < 1.29 is 14.3 Å². The molecule has 0 fully saturated rings. The van der Waals surface area contributed by atoms with Gasteiger partial charge in [-0.15, -0.1) is 0 Å². The Morgan fingerprint density at radius 1 is 0.720 bits per heavy atom. The molecule has 126 valence electrons. The Bertz CT molecular complexity index is 790. The highest BCUT2D eigenvalue weighted by Crippen LogP contribution is 2.23. The summed E-state index contributed by atoms with van der Waals surface area (Å²) in [4.78, 5) is 11.8. The van der Waals surface area contributed by atoms with Crippen LogP contribution in [0.4, 0.5) is 5.69 Å². The van der Waals surface area contributed by atoms with Gasteiger partial charge in [-0.2, -0.15) is 0 Å². The number of nitrogens with one attached hydrogen (secondary N) is 2. The van der Waals surface area contributed by atoms with E-state index in [1.165, 1.54) is 0 Å². The van der Waals surface area contributed by atoms with Gasteiger partial charge in [0, 0.05) is 0 Å². The summed E-state index contributed by atoms with van der Waals surface area (Å²) in [6, 6.07) is 26.0. The van der Waals surface area contributed by atoms with Crippen LogP contribution in [-0.4, -0.2) is 12.5 Å². The second-order valence-electron chi connectivity index (χ2n) is 5.21. The lowest BCUT2D eigenvalue weighted by molar-refractivity contribution is -0.122. The summed E-state index contributed by atoms with van der Waals surface area (Å²) in [5.41, 5.74) is 6.20. The molecule has 0 radical (unpaired) electrons. The second-order valence-corrected chi connectivity index (χ2v) is 5.21. The van der Waals surface area contributed by atoms with Gasteiger partial charge in [-0.3, -0.25) is 15.6 Å². The first-order valence-corrected chi connectivity index (χ1v) is 7.85. The van der Waals surface area contributed by atoms with Crippen molar-refractivity contribution in [3.63, 3.8) is 0 Å². The summed E-state index contributed by atoms with van der Waals surface area (Å²) in [7, 11) is 0. The van der Waals surface area contributed by atoms with Crippen molar-refractivity contribution in [1.29, 1.82) is 0 Å². The SMILES string of the molecule is O=C(COc1ccc(Oc2ccccc2)cc1)NNc1ccccc1. The molecule has 0 bridgehead atoms. The molecule has 1 amide bonds. The van der Waals surface area contributed by atoms with Gasteiger partial charge in [-0.1, -0.05) is 36.4 Å². The van der Waals surface area contributed by atoms with Crippen molar-refractivity contribution in [2.45, 2.75) is 0 Å². The van der Waals surface area contributed by atoms with E-state index in [1.807, 2.05) is 60.7 Å². The van der Waals surface area contributed by atoms with Crippen LogP contribution in [0.5, 0.6) is 17.2 Å². The number of carbonyl (C=O) groups excluding carboxylic acids is 1. The molecule has 5 nitrogen and oxygen atoms in total. The number of amides is 1. The third-order valence-electron chi connectivity index (χ3n) is 3.29. The molecular formula is C20H18N2O3. The average Bonchev–Trinajstić information content (AvgIpc) is 2.67. The van der Waals surface area contributed by atoms with Crippen molar-refractivity contribution in [3.8, 4) is 17.2 Å². The zero-order chi connectivity index (χ0) is 17.3. The normalized spacial score (nSPS) is 9.92. The Balaban J connectivity index is 1.44. The Morgan fingerprint density at radius 2 is 1.28 bits per heavy atom. The average molecular weight is 334 g/mol. The van der Waals surface area contributed by atoms with E-state index in [1.54, 1.807) is 24.3 Å². The molecule has 0 aliphatic heterocycles. The summed E-state index contributed by atoms with van der Waals surface area (Å²) >= 11 is 0. The van der Waals surface area contributed by atoms with E-state index in [2.05, 4.69) is 10.9 Å². The topological polar surface area (TPSA) is 59.6 Å². The molecule has 0 atom stereocenters. The minimum Gasteiger partial charge on any atom is -0.484 e. The molecule has 0 saturated heterocycles. The molecule has 25 heavy (non-hydrogen) atoms. The number of hydrazine groups is 1. The van der Waals surface area contributed by atoms with Gasteiger partial charge in [0.25, 0.3) is 5.91 Å². The fraction of sp³-hybridized carbons (Fsp3) is 0.0500. The Labute approximate surface area is 146 Å². The predicted octanol–water partition coefficient (Wildman–Crippen LogP) is 4.00. The number of hydrogen-bond donors (Lipinski definition) is 2. The Kier molecular flexibility index (Phi) is 5.51. The van der Waals surface area contributed by atoms with Gasteiger partial charge >= 0.3 is 0 Å². The zero-order valence-electron chi connectivity index (χ0n) is 13.5. The van der Waals surface area contributed by atoms with Gasteiger partial charge in [0.15, 0.2) is 6.61 Å². The van der Waals surface area contributed by atoms with Gasteiger partial charge in [0.1, 0.15) is 17.2 Å². The lowest BCUT2D eigenvalue weighted by atomic mass is 10.3. The minimum atomic E-state index is -0.270. The molecule has 3 rings (SSSR count). The van der Waals surface area contributed by atoms with E-state index in [4.69, 9.17) is 9.47 Å². The first kappa shape index (κ1) is 16.4. The molecule has 2 N–H and O–H groups in total. The van der Waals surface area contributed by atoms with Crippen LogP contribution < -0.4 is 20.3 Å². The maximum absolute atomic E-state index is 11.8. The standard InChI is InChI=1S/C20H18N2O3/c23-20(22-21-16-7-3-1-4-8-16)15-24-17-11-13-19(14-12-17)25-18-9-5-2-6-10-18/h1-14,21H,15H2,(H,22,23). The van der Waals surface area contributed by atoms with Crippen LogP contribution in [-0.2, 0) is 4.79 Å². The van der Waals surface area contributed by atoms with E-state index in [0.29, 0.717) is 11.5 Å². The lowest BCUT2D eigenvalue weighted by Gasteiger charge is -2.10. The van der Waals surface area contributed by atoms with Crippen molar-refractivity contribution in [3.05, 3.63) is 84.9 Å². The quantitative estimate of drug-likeness (QED) is 0.641. The maximum atomic E-state index is 11.8. The number of benzene rings is 3. The minimum absolute atomic E-state index is 0.0846. The molecule has 0 heterocycles. The van der Waals surface area contributed by atoms with Crippen molar-refractivity contribution in [1.82, 2.24) is 5.43 Å². The third-order valence-corrected chi connectivity index (χ3v) is 3.29. The molecule has 0 spiro atoms. The Hall–Kier alpha value is -3.47. The largest absolute Gasteiger partial charge is 0.484 e. The number of anilines is 1. The van der Waals surface area contributed by atoms with Gasteiger partial charge in [-0.25, -0.2) is 0 Å². The third kappa shape index (κ3) is 5.28. The summed E-state index contributed by atoms with van der Waals surface area (Å²) in [5, 5.41) is 0. The van der Waals surface area contributed by atoms with Crippen LogP contribution in [0.3, 0.4) is 0 Å². The van der Waals surface area contributed by atoms with E-state index < -0.39 is 0 Å². The highest BCUT2D eigenvalue weighted by atomic mass is 16.5. The summed E-state index contributed by atoms with van der Waals surface area (Å²) in [6.07, 6.45) is 0. The van der Waals surface area contributed by atoms with Crippen LogP contribution in [0.15, 0.2) is 84.9 Å². The monoisotopic (exact) mass is 334 g/mol. The van der Waals surface area contributed by atoms with Crippen LogP contribution in [0, 0.1) is 0 Å². The first-order chi connectivity index (χ1) is 12.3. The second kappa shape index (κ2) is 8.40. The predicted molar refractivity (Wildman–Crippen MR) is 96.7 cm³/mol. The summed E-state index contributed by atoms with van der Waals surface area (Å²) < 4.78 is 11.2. The first-order valence-electron chi connectivity index (χ1n) is 7.85. The zero-order valence-corrected chi connectivity index (χ0v) is 13.5. The molecular weight excluding hydrogens is 316 g/mol. The van der Waals surface area contributed by atoms with Crippen molar-refractivity contribution >= 4 is 11.6 Å². The molecule has 0 aliphatic carbocycles. The van der Waals surface area contributed by atoms with Gasteiger partial charge in [-0.05, 0) is 48.5 Å². The highest BCUT2D eigenvalue weighted by molar-refractivity contribution is 5.78. The molecule has 0 unspecified atom stereocenters. The number of para-hydroxylation sites is 2. The van der Waals surface area contributed by atoms with E-state index in [9.17, 15) is 4.79 Å². The Morgan fingerprint density at radius 3 is 1.96 bits per heavy atom. The molecule has 3 aromatic rings. The highest BCUT2D eigenvalue weighted by Gasteiger charge is 2.03. The van der Waals surface area contributed by atoms with Crippen molar-refractivity contribution in [2.24, 2.45) is 0 Å². The summed E-state index contributed by atoms with van der Waals surface area (Å²) in [5.74, 6) is 1.79. The van der Waals surface area contributed by atoms with E-state index >= 15 is 0 Å². The van der Waals surface area contributed by atoms with Crippen LogP contribution in [0.1, 0.15) is 0 Å². The fourth-order valence-electron chi connectivity index (χ4n) is 2.08. The smallest absolute Gasteiger partial charge is 0.276 e. The molecule has 0 saturated carbocycles. The molecule has 0 aliphatic rings. The van der Waals surface area contributed by atoms with E-state index in [0.717, 1.165) is 11.4 Å². The molecule has 0 aromatic heterocycles. The number of rotatable bonds is 7. The van der Waals surface area contributed by atoms with Gasteiger partial charge in [0.2, 0.25) is 0 Å². The number of carbonyl (C=O) groups is 1. The van der Waals surface area contributed by atoms with Crippen LogP contribution in [0.25, 0.3) is 0 Å². The number of ether oxygens (including phenoxy) is 2. The number of hydrogen-bond acceptors (Lipinski definition) is 4. The lowest BCUT2D eigenvalue weighted by Crippen LogP contribution is -2.33. The molecule has 3 aromatic carbocycles.